The summed E-state index contributed by atoms with van der Waals surface area (Å²) >= 11 is 2.07. The molecule has 0 unspecified atom stereocenters. The normalized spacial score (nSPS) is 25.8. The summed E-state index contributed by atoms with van der Waals surface area (Å²) in [4.78, 5) is 59.2. The van der Waals surface area contributed by atoms with Gasteiger partial charge in [-0.2, -0.15) is 0 Å². The van der Waals surface area contributed by atoms with Gasteiger partial charge in [-0.3, -0.25) is 19.2 Å². The van der Waals surface area contributed by atoms with Crippen molar-refractivity contribution < 1.29 is 33.8 Å². The lowest BCUT2D eigenvalue weighted by molar-refractivity contribution is -0.147. The molecule has 5 N–H and O–H groups in total. The van der Waals surface area contributed by atoms with E-state index >= 15 is 0 Å². The Balaban J connectivity index is 1.43. The molecule has 14 heteroatoms. The number of hydrogen-bond donors (Lipinski definition) is 5. The predicted octanol–water partition coefficient (Wildman–Crippen LogP) is 3.92. The van der Waals surface area contributed by atoms with Crippen LogP contribution in [-0.2, 0) is 35.1 Å². The molecule has 2 aliphatic heterocycles. The zero-order chi connectivity index (χ0) is 40.6. The minimum Gasteiger partial charge on any atom is -0.394 e. The minimum atomic E-state index is -0.726. The number of fused-ring (bicyclic) bond motifs is 2. The maximum Gasteiger partial charge on any atom is 0.245 e. The van der Waals surface area contributed by atoms with Crippen molar-refractivity contribution in [1.82, 2.24) is 25.8 Å². The van der Waals surface area contributed by atoms with Crippen LogP contribution in [0.25, 0.3) is 0 Å². The number of carbonyl (C=O) groups excluding carboxylic acids is 4. The molecule has 4 rings (SSSR count). The Bertz CT molecular complexity index is 1430. The van der Waals surface area contributed by atoms with Crippen LogP contribution in [0.1, 0.15) is 85.6 Å². The SMILES string of the molecule is CC[C@H](C)[C@@H]([C@@H](CC(=O)N1CCC[C@H]1[C@H](OC)[C@@H](C)C(=O)N[C@H](CO)Cc1ccc(NI)cc1)OC)N(C)C(=O)[C@@H](NC(=O)[C@H]1N[C@H]2CC[C@H]1[C@@H]2C)C(C)C. The number of rotatable bonds is 20. The van der Waals surface area contributed by atoms with E-state index in [2.05, 4.69) is 63.1 Å². The van der Waals surface area contributed by atoms with Crippen LogP contribution < -0.4 is 19.5 Å². The van der Waals surface area contributed by atoms with Gasteiger partial charge in [-0.1, -0.05) is 60.1 Å². The number of anilines is 1. The van der Waals surface area contributed by atoms with Gasteiger partial charge in [0.15, 0.2) is 0 Å². The van der Waals surface area contributed by atoms with Gasteiger partial charge < -0.3 is 43.9 Å². The number of piperidine rings is 1. The number of nitrogens with one attached hydrogen (secondary N) is 4. The van der Waals surface area contributed by atoms with Gasteiger partial charge in [0.05, 0.1) is 78.2 Å². The van der Waals surface area contributed by atoms with Gasteiger partial charge in [-0.15, -0.1) is 0 Å². The highest BCUT2D eigenvalue weighted by molar-refractivity contribution is 14.1. The summed E-state index contributed by atoms with van der Waals surface area (Å²) in [5.74, 6) is -0.743. The summed E-state index contributed by atoms with van der Waals surface area (Å²) in [6.45, 7) is 12.3. The lowest BCUT2D eigenvalue weighted by Crippen LogP contribution is -2.60. The number of amides is 4. The number of benzene rings is 1. The van der Waals surface area contributed by atoms with Crippen LogP contribution in [-0.4, -0.2) is 121 Å². The fraction of sp³-hybridized carbons (Fsp3) is 0.756. The first-order valence-electron chi connectivity index (χ1n) is 20.3. The second-order valence-electron chi connectivity index (χ2n) is 16.6. The zero-order valence-corrected chi connectivity index (χ0v) is 36.5. The Hall–Kier alpha value is -2.53. The number of nitrogens with zero attached hydrogens (tertiary/aromatic N) is 2. The number of carbonyl (C=O) groups is 4. The highest BCUT2D eigenvalue weighted by Gasteiger charge is 2.49. The Kier molecular flexibility index (Phi) is 17.1. The molecule has 3 aliphatic rings. The summed E-state index contributed by atoms with van der Waals surface area (Å²) in [7, 11) is 4.90. The number of likely N-dealkylation sites (N-methyl/N-ethyl adjacent to an activating group) is 1. The number of halogens is 1. The van der Waals surface area contributed by atoms with Gasteiger partial charge in [0.25, 0.3) is 0 Å². The number of methoxy groups -OCH3 is 2. The van der Waals surface area contributed by atoms with Crippen molar-refractivity contribution in [2.45, 2.75) is 135 Å². The van der Waals surface area contributed by atoms with Gasteiger partial charge in [0, 0.05) is 39.5 Å². The standard InChI is InChI=1S/C41H67IN6O7/c1-10-24(4)37(47(7)41(53)35(23(2)3)45-40(52)36-30-17-18-31(44-36)25(30)5)33(54-8)21-34(50)48-19-11-12-32(48)38(55-9)26(6)39(51)43-29(22-49)20-27-13-15-28(46-42)16-14-27/h13-16,23-26,29-33,35-38,44,46,49H,10-12,17-22H2,1-9H3,(H,43,51)(H,45,52)/t24-,25-,26+,29-,30-,31-,32-,33+,35-,36-,37-,38+/m0/s1. The number of aliphatic hydroxyl groups excluding tert-OH is 1. The summed E-state index contributed by atoms with van der Waals surface area (Å²) < 4.78 is 15.1. The van der Waals surface area contributed by atoms with E-state index in [9.17, 15) is 24.3 Å². The third-order valence-corrected chi connectivity index (χ3v) is 13.4. The highest BCUT2D eigenvalue weighted by Crippen LogP contribution is 2.40. The van der Waals surface area contributed by atoms with Crippen LogP contribution in [0.2, 0.25) is 0 Å². The van der Waals surface area contributed by atoms with Crippen molar-refractivity contribution in [3.05, 3.63) is 29.8 Å². The summed E-state index contributed by atoms with van der Waals surface area (Å²) in [5.41, 5.74) is 1.95. The molecule has 13 nitrogen and oxygen atoms in total. The van der Waals surface area contributed by atoms with Crippen molar-refractivity contribution in [3.63, 3.8) is 0 Å². The average molecular weight is 883 g/mol. The quantitative estimate of drug-likeness (QED) is 0.0967. The molecule has 1 aromatic carbocycles. The number of aliphatic hydroxyl groups is 1. The van der Waals surface area contributed by atoms with E-state index < -0.39 is 36.3 Å². The summed E-state index contributed by atoms with van der Waals surface area (Å²) in [6.07, 6.45) is 3.63. The molecule has 0 aromatic heterocycles. The first-order valence-corrected chi connectivity index (χ1v) is 21.3. The largest absolute Gasteiger partial charge is 0.394 e. The van der Waals surface area contributed by atoms with Crippen LogP contribution in [0.4, 0.5) is 5.69 Å². The van der Waals surface area contributed by atoms with Gasteiger partial charge in [-0.25, -0.2) is 0 Å². The predicted molar refractivity (Wildman–Crippen MR) is 222 cm³/mol. The molecular formula is C41H67IN6O7. The van der Waals surface area contributed by atoms with Crippen molar-refractivity contribution in [2.75, 3.05) is 37.9 Å². The molecule has 1 aliphatic carbocycles. The van der Waals surface area contributed by atoms with Gasteiger partial charge in [-0.05, 0) is 73.5 Å². The van der Waals surface area contributed by atoms with E-state index in [1.807, 2.05) is 43.0 Å². The summed E-state index contributed by atoms with van der Waals surface area (Å²) in [6, 6.07) is 5.90. The topological polar surface area (TPSA) is 162 Å². The van der Waals surface area contributed by atoms with Crippen molar-refractivity contribution in [1.29, 1.82) is 0 Å². The fourth-order valence-electron chi connectivity index (χ4n) is 9.29. The molecule has 0 radical (unpaired) electrons. The Morgan fingerprint density at radius 3 is 2.25 bits per heavy atom. The molecule has 2 bridgehead atoms. The molecular weight excluding hydrogens is 815 g/mol. The maximum absolute atomic E-state index is 14.3. The van der Waals surface area contributed by atoms with Crippen molar-refractivity contribution in [3.8, 4) is 0 Å². The zero-order valence-electron chi connectivity index (χ0n) is 34.3. The highest BCUT2D eigenvalue weighted by atomic mass is 127. The second-order valence-corrected chi connectivity index (χ2v) is 17.1. The Morgan fingerprint density at radius 2 is 1.73 bits per heavy atom. The lowest BCUT2D eigenvalue weighted by atomic mass is 9.89. The van der Waals surface area contributed by atoms with Crippen LogP contribution in [0.15, 0.2) is 24.3 Å². The average Bonchev–Trinajstić information content (AvgIpc) is 3.90. The van der Waals surface area contributed by atoms with Crippen LogP contribution in [0, 0.1) is 29.6 Å². The van der Waals surface area contributed by atoms with E-state index in [1.165, 1.54) is 0 Å². The van der Waals surface area contributed by atoms with E-state index in [-0.39, 0.29) is 66.5 Å². The van der Waals surface area contributed by atoms with Crippen molar-refractivity contribution in [2.24, 2.45) is 29.6 Å². The molecule has 1 aromatic rings. The molecule has 310 valence electrons. The Labute approximate surface area is 342 Å². The molecule has 4 amide bonds. The molecule has 3 fully saturated rings. The molecule has 0 spiro atoms. The Morgan fingerprint density at radius 1 is 1.04 bits per heavy atom. The first kappa shape index (κ1) is 45.2. The minimum absolute atomic E-state index is 0.00604. The molecule has 55 heavy (non-hydrogen) atoms. The first-order chi connectivity index (χ1) is 26.2. The molecule has 2 saturated heterocycles. The number of hydrogen-bond acceptors (Lipinski definition) is 9. The lowest BCUT2D eigenvalue weighted by Gasteiger charge is -2.41. The van der Waals surface area contributed by atoms with Crippen molar-refractivity contribution >= 4 is 52.2 Å². The van der Waals surface area contributed by atoms with Crippen LogP contribution in [0.5, 0.6) is 0 Å². The number of ether oxygens (including phenoxy) is 2. The van der Waals surface area contributed by atoms with E-state index in [1.54, 1.807) is 33.1 Å². The second kappa shape index (κ2) is 20.8. The van der Waals surface area contributed by atoms with E-state index in [0.29, 0.717) is 31.3 Å². The van der Waals surface area contributed by atoms with Crippen LogP contribution in [0.3, 0.4) is 0 Å². The van der Waals surface area contributed by atoms with Gasteiger partial charge in [0.1, 0.15) is 6.04 Å². The molecule has 1 saturated carbocycles. The number of likely N-dealkylation sites (tertiary alicyclic amines) is 1. The molecule has 12 atom stereocenters. The smallest absolute Gasteiger partial charge is 0.245 e. The molecule has 2 heterocycles. The van der Waals surface area contributed by atoms with Gasteiger partial charge in [0.2, 0.25) is 23.6 Å². The monoisotopic (exact) mass is 882 g/mol. The third-order valence-electron chi connectivity index (χ3n) is 12.8. The summed E-state index contributed by atoms with van der Waals surface area (Å²) in [5, 5.41) is 19.7. The van der Waals surface area contributed by atoms with Gasteiger partial charge >= 0.3 is 0 Å². The third kappa shape index (κ3) is 10.7. The van der Waals surface area contributed by atoms with E-state index in [0.717, 1.165) is 36.9 Å². The van der Waals surface area contributed by atoms with Crippen LogP contribution >= 0.6 is 22.9 Å². The van der Waals surface area contributed by atoms with E-state index in [4.69, 9.17) is 9.47 Å². The fourth-order valence-corrected chi connectivity index (χ4v) is 9.65. The maximum atomic E-state index is 14.3.